The number of anilines is 1. The van der Waals surface area contributed by atoms with Crippen LogP contribution in [0.4, 0.5) is 10.1 Å². The summed E-state index contributed by atoms with van der Waals surface area (Å²) < 4.78 is 13.1. The minimum absolute atomic E-state index is 0.178. The number of amides is 1. The van der Waals surface area contributed by atoms with Crippen molar-refractivity contribution in [2.75, 3.05) is 11.1 Å². The fourth-order valence-corrected chi connectivity index (χ4v) is 3.31. The van der Waals surface area contributed by atoms with E-state index in [2.05, 4.69) is 23.3 Å². The molecule has 0 unspecified atom stereocenters. The van der Waals surface area contributed by atoms with E-state index in [0.29, 0.717) is 5.69 Å². The van der Waals surface area contributed by atoms with Crippen molar-refractivity contribution in [2.24, 2.45) is 0 Å². The predicted molar refractivity (Wildman–Crippen MR) is 96.9 cm³/mol. The molecule has 0 spiro atoms. The molecule has 0 aliphatic carbocycles. The molecule has 1 N–H and O–H groups in total. The molecule has 3 aromatic rings. The van der Waals surface area contributed by atoms with Gasteiger partial charge in [0, 0.05) is 11.1 Å². The van der Waals surface area contributed by atoms with Crippen molar-refractivity contribution in [1.82, 2.24) is 4.98 Å². The topological polar surface area (TPSA) is 42.0 Å². The lowest BCUT2D eigenvalue weighted by Crippen LogP contribution is -2.14. The molecule has 0 fully saturated rings. The smallest absolute Gasteiger partial charge is 0.234 e. The summed E-state index contributed by atoms with van der Waals surface area (Å²) >= 11 is 1.40. The Morgan fingerprint density at radius 1 is 1.17 bits per heavy atom. The number of rotatable bonds is 5. The molecule has 0 aliphatic rings. The number of benzene rings is 2. The van der Waals surface area contributed by atoms with Crippen LogP contribution in [0.1, 0.15) is 12.5 Å². The van der Waals surface area contributed by atoms with Crippen molar-refractivity contribution >= 4 is 34.3 Å². The average molecular weight is 340 g/mol. The third-order valence-corrected chi connectivity index (χ3v) is 4.63. The standard InChI is InChI=1S/C19H17FN2OS/c1-2-13-10-14-6-3-4-9-17(14)22-19(13)24-12-18(23)21-16-8-5-7-15(20)11-16/h3-11H,2,12H2,1H3,(H,21,23). The number of pyridine rings is 1. The first-order valence-electron chi connectivity index (χ1n) is 7.72. The second-order valence-electron chi connectivity index (χ2n) is 5.35. The van der Waals surface area contributed by atoms with Crippen LogP contribution in [0, 0.1) is 5.82 Å². The molecule has 0 bridgehead atoms. The number of para-hydroxylation sites is 1. The summed E-state index contributed by atoms with van der Waals surface area (Å²) in [6, 6.07) is 15.9. The monoisotopic (exact) mass is 340 g/mol. The van der Waals surface area contributed by atoms with Crippen LogP contribution in [0.25, 0.3) is 10.9 Å². The van der Waals surface area contributed by atoms with Gasteiger partial charge in [-0.05, 0) is 42.3 Å². The molecule has 0 saturated carbocycles. The lowest BCUT2D eigenvalue weighted by Gasteiger charge is -2.09. The summed E-state index contributed by atoms with van der Waals surface area (Å²) in [5.74, 6) is -0.318. The number of nitrogens with zero attached hydrogens (tertiary/aromatic N) is 1. The number of aromatic nitrogens is 1. The van der Waals surface area contributed by atoms with E-state index >= 15 is 0 Å². The molecular weight excluding hydrogens is 323 g/mol. The van der Waals surface area contributed by atoms with Crippen LogP contribution < -0.4 is 5.32 Å². The van der Waals surface area contributed by atoms with Gasteiger partial charge in [-0.1, -0.05) is 43.0 Å². The van der Waals surface area contributed by atoms with Crippen LogP contribution >= 0.6 is 11.8 Å². The van der Waals surface area contributed by atoms with Crippen LogP contribution in [-0.2, 0) is 11.2 Å². The van der Waals surface area contributed by atoms with Gasteiger partial charge < -0.3 is 5.32 Å². The Hall–Kier alpha value is -2.40. The number of carbonyl (C=O) groups excluding carboxylic acids is 1. The molecule has 24 heavy (non-hydrogen) atoms. The molecule has 0 atom stereocenters. The normalized spacial score (nSPS) is 10.8. The van der Waals surface area contributed by atoms with Crippen molar-refractivity contribution in [3.63, 3.8) is 0 Å². The van der Waals surface area contributed by atoms with Gasteiger partial charge >= 0.3 is 0 Å². The number of hydrogen-bond acceptors (Lipinski definition) is 3. The highest BCUT2D eigenvalue weighted by molar-refractivity contribution is 8.00. The summed E-state index contributed by atoms with van der Waals surface area (Å²) in [5.41, 5.74) is 2.50. The predicted octanol–water partition coefficient (Wildman–Crippen LogP) is 4.67. The lowest BCUT2D eigenvalue weighted by molar-refractivity contribution is -0.113. The van der Waals surface area contributed by atoms with Gasteiger partial charge in [0.1, 0.15) is 10.8 Å². The Bertz CT molecular complexity index is 882. The van der Waals surface area contributed by atoms with E-state index < -0.39 is 0 Å². The first kappa shape index (κ1) is 16.5. The van der Waals surface area contributed by atoms with Crippen LogP contribution in [0.2, 0.25) is 0 Å². The van der Waals surface area contributed by atoms with E-state index in [1.165, 1.54) is 23.9 Å². The van der Waals surface area contributed by atoms with Crippen molar-refractivity contribution in [3.8, 4) is 0 Å². The SMILES string of the molecule is CCc1cc2ccccc2nc1SCC(=O)Nc1cccc(F)c1. The van der Waals surface area contributed by atoms with Crippen LogP contribution in [0.15, 0.2) is 59.6 Å². The molecule has 5 heteroatoms. The number of nitrogens with one attached hydrogen (secondary N) is 1. The van der Waals surface area contributed by atoms with E-state index in [4.69, 9.17) is 0 Å². The molecule has 1 aromatic heterocycles. The largest absolute Gasteiger partial charge is 0.325 e. The van der Waals surface area contributed by atoms with Gasteiger partial charge in [-0.2, -0.15) is 0 Å². The number of aryl methyl sites for hydroxylation is 1. The molecule has 0 radical (unpaired) electrons. The maximum Gasteiger partial charge on any atom is 0.234 e. The summed E-state index contributed by atoms with van der Waals surface area (Å²) in [6.45, 7) is 2.07. The van der Waals surface area contributed by atoms with Gasteiger partial charge in [0.15, 0.2) is 0 Å². The molecular formula is C19H17FN2OS. The maximum absolute atomic E-state index is 13.1. The Morgan fingerprint density at radius 2 is 2.00 bits per heavy atom. The first-order valence-corrected chi connectivity index (χ1v) is 8.71. The molecule has 3 nitrogen and oxygen atoms in total. The molecule has 0 aliphatic heterocycles. The first-order chi connectivity index (χ1) is 11.7. The Balaban J connectivity index is 1.71. The Morgan fingerprint density at radius 3 is 2.79 bits per heavy atom. The fraction of sp³-hybridized carbons (Fsp3) is 0.158. The summed E-state index contributed by atoms with van der Waals surface area (Å²) in [6.07, 6.45) is 0.853. The molecule has 1 amide bonds. The van der Waals surface area contributed by atoms with Crippen molar-refractivity contribution in [2.45, 2.75) is 18.4 Å². The van der Waals surface area contributed by atoms with E-state index in [1.807, 2.05) is 24.3 Å². The second-order valence-corrected chi connectivity index (χ2v) is 6.31. The molecule has 3 rings (SSSR count). The quantitative estimate of drug-likeness (QED) is 0.687. The van der Waals surface area contributed by atoms with E-state index in [1.54, 1.807) is 12.1 Å². The van der Waals surface area contributed by atoms with Crippen LogP contribution in [0.5, 0.6) is 0 Å². The van der Waals surface area contributed by atoms with Crippen molar-refractivity contribution < 1.29 is 9.18 Å². The van der Waals surface area contributed by atoms with Gasteiger partial charge in [0.25, 0.3) is 0 Å². The second kappa shape index (κ2) is 7.45. The van der Waals surface area contributed by atoms with Crippen LogP contribution in [-0.4, -0.2) is 16.6 Å². The highest BCUT2D eigenvalue weighted by Crippen LogP contribution is 2.25. The zero-order valence-electron chi connectivity index (χ0n) is 13.3. The highest BCUT2D eigenvalue weighted by atomic mass is 32.2. The Labute approximate surface area is 144 Å². The van der Waals surface area contributed by atoms with Crippen LogP contribution in [0.3, 0.4) is 0 Å². The fourth-order valence-electron chi connectivity index (χ4n) is 2.42. The van der Waals surface area contributed by atoms with Gasteiger partial charge in [-0.25, -0.2) is 9.37 Å². The van der Waals surface area contributed by atoms with E-state index in [0.717, 1.165) is 27.9 Å². The van der Waals surface area contributed by atoms with E-state index in [-0.39, 0.29) is 17.5 Å². The highest BCUT2D eigenvalue weighted by Gasteiger charge is 2.10. The van der Waals surface area contributed by atoms with E-state index in [9.17, 15) is 9.18 Å². The van der Waals surface area contributed by atoms with Crippen molar-refractivity contribution in [3.05, 3.63) is 66.0 Å². The molecule has 2 aromatic carbocycles. The summed E-state index contributed by atoms with van der Waals surface area (Å²) in [7, 11) is 0. The molecule has 0 saturated heterocycles. The van der Waals surface area contributed by atoms with Gasteiger partial charge in [-0.3, -0.25) is 4.79 Å². The van der Waals surface area contributed by atoms with Gasteiger partial charge in [-0.15, -0.1) is 0 Å². The van der Waals surface area contributed by atoms with Gasteiger partial charge in [0.05, 0.1) is 11.3 Å². The molecule has 1 heterocycles. The third kappa shape index (κ3) is 3.92. The average Bonchev–Trinajstić information content (AvgIpc) is 2.59. The summed E-state index contributed by atoms with van der Waals surface area (Å²) in [5, 5.41) is 4.67. The lowest BCUT2D eigenvalue weighted by atomic mass is 10.1. The maximum atomic E-state index is 13.1. The zero-order chi connectivity index (χ0) is 16.9. The number of fused-ring (bicyclic) bond motifs is 1. The number of thioether (sulfide) groups is 1. The minimum Gasteiger partial charge on any atom is -0.325 e. The number of hydrogen-bond donors (Lipinski definition) is 1. The third-order valence-electron chi connectivity index (χ3n) is 3.59. The molecule has 122 valence electrons. The summed E-state index contributed by atoms with van der Waals surface area (Å²) in [4.78, 5) is 16.7. The Kier molecular flexibility index (Phi) is 5.11. The zero-order valence-corrected chi connectivity index (χ0v) is 14.1. The number of halogens is 1. The van der Waals surface area contributed by atoms with Gasteiger partial charge in [0.2, 0.25) is 5.91 Å². The minimum atomic E-state index is -0.370. The number of carbonyl (C=O) groups is 1. The van der Waals surface area contributed by atoms with Crippen molar-refractivity contribution in [1.29, 1.82) is 0 Å².